The van der Waals surface area contributed by atoms with Crippen LogP contribution in [0.1, 0.15) is 5.56 Å². The first kappa shape index (κ1) is 9.74. The van der Waals surface area contributed by atoms with Crippen LogP contribution in [-0.4, -0.2) is 0 Å². The minimum absolute atomic E-state index is 0.851. The Balaban J connectivity index is 2.47. The maximum absolute atomic E-state index is 5.77. The summed E-state index contributed by atoms with van der Waals surface area (Å²) in [6.45, 7) is 2.03. The molecule has 0 aliphatic rings. The predicted octanol–water partition coefficient (Wildman–Crippen LogP) is 4.07. The molecule has 0 radical (unpaired) electrons. The first-order chi connectivity index (χ1) is 6.66. The summed E-state index contributed by atoms with van der Waals surface area (Å²) in [4.78, 5) is 1.26. The molecule has 0 aliphatic carbocycles. The van der Waals surface area contributed by atoms with Gasteiger partial charge in [0.15, 0.2) is 0 Å². The SMILES string of the molecule is Cc1cc(-c2ccc(Br)s2)ccc1N. The fraction of sp³-hybridized carbons (Fsp3) is 0.0909. The monoisotopic (exact) mass is 267 g/mol. The van der Waals surface area contributed by atoms with Gasteiger partial charge in [-0.15, -0.1) is 11.3 Å². The largest absolute Gasteiger partial charge is 0.399 e. The Bertz CT molecular complexity index is 462. The Labute approximate surface area is 95.7 Å². The van der Waals surface area contributed by atoms with Gasteiger partial charge in [0.1, 0.15) is 0 Å². The van der Waals surface area contributed by atoms with Crippen molar-refractivity contribution in [2.45, 2.75) is 6.92 Å². The van der Waals surface area contributed by atoms with Gasteiger partial charge in [0, 0.05) is 10.6 Å². The molecule has 14 heavy (non-hydrogen) atoms. The number of hydrogen-bond acceptors (Lipinski definition) is 2. The molecule has 2 rings (SSSR count). The zero-order valence-electron chi connectivity index (χ0n) is 7.75. The van der Waals surface area contributed by atoms with Gasteiger partial charge in [-0.2, -0.15) is 0 Å². The fourth-order valence-corrected chi connectivity index (χ4v) is 2.68. The molecule has 1 nitrogen and oxygen atoms in total. The number of aryl methyl sites for hydroxylation is 1. The van der Waals surface area contributed by atoms with Gasteiger partial charge < -0.3 is 5.73 Å². The third-order valence-corrected chi connectivity index (χ3v) is 3.80. The smallest absolute Gasteiger partial charge is 0.0705 e. The second-order valence-electron chi connectivity index (χ2n) is 3.18. The highest BCUT2D eigenvalue weighted by Crippen LogP contribution is 2.32. The van der Waals surface area contributed by atoms with Crippen LogP contribution >= 0.6 is 27.3 Å². The summed E-state index contributed by atoms with van der Waals surface area (Å²) in [7, 11) is 0. The molecule has 0 unspecified atom stereocenters. The lowest BCUT2D eigenvalue weighted by molar-refractivity contribution is 1.47. The number of halogens is 1. The molecule has 0 saturated carbocycles. The molecule has 3 heteroatoms. The number of anilines is 1. The molecule has 2 aromatic rings. The molecule has 1 aromatic heterocycles. The van der Waals surface area contributed by atoms with Gasteiger partial charge in [0.2, 0.25) is 0 Å². The second-order valence-corrected chi connectivity index (χ2v) is 5.64. The van der Waals surface area contributed by atoms with E-state index in [9.17, 15) is 0 Å². The highest BCUT2D eigenvalue weighted by atomic mass is 79.9. The first-order valence-corrected chi connectivity index (χ1v) is 5.89. The summed E-state index contributed by atoms with van der Waals surface area (Å²) in [5.74, 6) is 0. The average molecular weight is 268 g/mol. The number of thiophene rings is 1. The summed E-state index contributed by atoms with van der Waals surface area (Å²) in [5.41, 5.74) is 8.98. The van der Waals surface area contributed by atoms with Crippen LogP contribution in [0.25, 0.3) is 10.4 Å². The highest BCUT2D eigenvalue weighted by molar-refractivity contribution is 9.11. The van der Waals surface area contributed by atoms with Crippen LogP contribution in [0.2, 0.25) is 0 Å². The van der Waals surface area contributed by atoms with Crippen molar-refractivity contribution in [1.82, 2.24) is 0 Å². The summed E-state index contributed by atoms with van der Waals surface area (Å²) >= 11 is 5.19. The molecule has 0 atom stereocenters. The van der Waals surface area contributed by atoms with Crippen molar-refractivity contribution in [2.24, 2.45) is 0 Å². The van der Waals surface area contributed by atoms with E-state index in [1.54, 1.807) is 11.3 Å². The van der Waals surface area contributed by atoms with Crippen molar-refractivity contribution >= 4 is 33.0 Å². The number of nitrogens with two attached hydrogens (primary N) is 1. The lowest BCUT2D eigenvalue weighted by atomic mass is 10.1. The number of rotatable bonds is 1. The van der Waals surface area contributed by atoms with E-state index < -0.39 is 0 Å². The Kier molecular flexibility index (Phi) is 2.61. The quantitative estimate of drug-likeness (QED) is 0.775. The lowest BCUT2D eigenvalue weighted by Gasteiger charge is -2.02. The summed E-state index contributed by atoms with van der Waals surface area (Å²) in [6.07, 6.45) is 0. The molecule has 72 valence electrons. The number of nitrogen functional groups attached to an aromatic ring is 1. The Hall–Kier alpha value is -0.800. The molecule has 0 spiro atoms. The predicted molar refractivity (Wildman–Crippen MR) is 66.6 cm³/mol. The Morgan fingerprint density at radius 1 is 1.21 bits per heavy atom. The minimum atomic E-state index is 0.851. The second kappa shape index (κ2) is 3.75. The van der Waals surface area contributed by atoms with E-state index in [4.69, 9.17) is 5.73 Å². The Morgan fingerprint density at radius 3 is 2.57 bits per heavy atom. The van der Waals surface area contributed by atoms with Gasteiger partial charge >= 0.3 is 0 Å². The zero-order valence-corrected chi connectivity index (χ0v) is 10.2. The molecular formula is C11H10BrNS. The third-order valence-electron chi connectivity index (χ3n) is 2.13. The van der Waals surface area contributed by atoms with Crippen LogP contribution in [0.3, 0.4) is 0 Å². The van der Waals surface area contributed by atoms with Crippen molar-refractivity contribution in [2.75, 3.05) is 5.73 Å². The van der Waals surface area contributed by atoms with E-state index in [0.717, 1.165) is 15.0 Å². The van der Waals surface area contributed by atoms with E-state index in [0.29, 0.717) is 0 Å². The fourth-order valence-electron chi connectivity index (χ4n) is 1.30. The molecule has 0 saturated heterocycles. The lowest BCUT2D eigenvalue weighted by Crippen LogP contribution is -1.88. The van der Waals surface area contributed by atoms with Gasteiger partial charge in [0.25, 0.3) is 0 Å². The standard InChI is InChI=1S/C11H10BrNS/c1-7-6-8(2-3-9(7)13)10-4-5-11(12)14-10/h2-6H,13H2,1H3. The van der Waals surface area contributed by atoms with Gasteiger partial charge in [0.05, 0.1) is 3.79 Å². The molecule has 1 aromatic carbocycles. The van der Waals surface area contributed by atoms with E-state index in [2.05, 4.69) is 40.2 Å². The van der Waals surface area contributed by atoms with E-state index in [1.165, 1.54) is 10.4 Å². The third kappa shape index (κ3) is 1.83. The molecule has 0 amide bonds. The van der Waals surface area contributed by atoms with Gasteiger partial charge in [-0.05, 0) is 58.2 Å². The summed E-state index contributed by atoms with van der Waals surface area (Å²) in [6, 6.07) is 10.3. The van der Waals surface area contributed by atoms with Crippen molar-refractivity contribution in [3.8, 4) is 10.4 Å². The van der Waals surface area contributed by atoms with E-state index in [-0.39, 0.29) is 0 Å². The molecule has 2 N–H and O–H groups in total. The first-order valence-electron chi connectivity index (χ1n) is 4.28. The molecule has 0 fully saturated rings. The van der Waals surface area contributed by atoms with Gasteiger partial charge in [-0.1, -0.05) is 6.07 Å². The molecule has 0 bridgehead atoms. The number of benzene rings is 1. The van der Waals surface area contributed by atoms with E-state index in [1.807, 2.05) is 13.0 Å². The highest BCUT2D eigenvalue weighted by Gasteiger charge is 2.02. The summed E-state index contributed by atoms with van der Waals surface area (Å²) in [5, 5.41) is 0. The summed E-state index contributed by atoms with van der Waals surface area (Å²) < 4.78 is 1.15. The molecule has 1 heterocycles. The van der Waals surface area contributed by atoms with Crippen LogP contribution in [0, 0.1) is 6.92 Å². The van der Waals surface area contributed by atoms with Crippen molar-refractivity contribution < 1.29 is 0 Å². The maximum atomic E-state index is 5.77. The topological polar surface area (TPSA) is 26.0 Å². The van der Waals surface area contributed by atoms with Crippen LogP contribution < -0.4 is 5.73 Å². The van der Waals surface area contributed by atoms with Gasteiger partial charge in [-0.3, -0.25) is 0 Å². The normalized spacial score (nSPS) is 10.4. The van der Waals surface area contributed by atoms with E-state index >= 15 is 0 Å². The van der Waals surface area contributed by atoms with Crippen molar-refractivity contribution in [3.63, 3.8) is 0 Å². The van der Waals surface area contributed by atoms with Gasteiger partial charge in [-0.25, -0.2) is 0 Å². The van der Waals surface area contributed by atoms with Crippen molar-refractivity contribution in [1.29, 1.82) is 0 Å². The van der Waals surface area contributed by atoms with Crippen LogP contribution in [0.4, 0.5) is 5.69 Å². The van der Waals surface area contributed by atoms with Crippen LogP contribution in [0.5, 0.6) is 0 Å². The van der Waals surface area contributed by atoms with Crippen LogP contribution in [-0.2, 0) is 0 Å². The Morgan fingerprint density at radius 2 is 2.00 bits per heavy atom. The van der Waals surface area contributed by atoms with Crippen LogP contribution in [0.15, 0.2) is 34.1 Å². The molecule has 0 aliphatic heterocycles. The minimum Gasteiger partial charge on any atom is -0.399 e. The number of hydrogen-bond donors (Lipinski definition) is 1. The zero-order chi connectivity index (χ0) is 10.1. The van der Waals surface area contributed by atoms with Crippen molar-refractivity contribution in [3.05, 3.63) is 39.7 Å². The maximum Gasteiger partial charge on any atom is 0.0705 e. The average Bonchev–Trinajstić information content (AvgIpc) is 2.57. The molecular weight excluding hydrogens is 258 g/mol.